The molecule has 0 unspecified atom stereocenters. The molecular weight excluding hydrogens is 248 g/mol. The number of para-hydroxylation sites is 1. The number of amides is 1. The number of hydrogen-bond donors (Lipinski definition) is 0. The molecule has 0 saturated heterocycles. The van der Waals surface area contributed by atoms with E-state index in [1.807, 2.05) is 54.6 Å². The number of aromatic nitrogens is 1. The number of pyridine rings is 1. The number of fused-ring (bicyclic) bond motifs is 1. The lowest BCUT2D eigenvalue weighted by molar-refractivity contribution is 0.0993. The molecule has 0 spiro atoms. The number of carbonyl (C=O) groups excluding carboxylic acids is 1. The Morgan fingerprint density at radius 3 is 2.60 bits per heavy atom. The maximum atomic E-state index is 12.5. The van der Waals surface area contributed by atoms with Gasteiger partial charge in [0.2, 0.25) is 0 Å². The fourth-order valence-electron chi connectivity index (χ4n) is 2.18. The quantitative estimate of drug-likeness (QED) is 0.708. The van der Waals surface area contributed by atoms with Gasteiger partial charge in [-0.15, -0.1) is 0 Å². The second-order valence-corrected chi connectivity index (χ2v) is 4.64. The molecule has 3 nitrogen and oxygen atoms in total. The molecule has 3 aromatic rings. The van der Waals surface area contributed by atoms with Crippen LogP contribution < -0.4 is 4.90 Å². The van der Waals surface area contributed by atoms with Crippen LogP contribution in [-0.4, -0.2) is 17.9 Å². The summed E-state index contributed by atoms with van der Waals surface area (Å²) in [5, 5.41) is 2.05. The van der Waals surface area contributed by atoms with Crippen molar-refractivity contribution in [2.45, 2.75) is 0 Å². The zero-order chi connectivity index (χ0) is 13.9. The van der Waals surface area contributed by atoms with E-state index in [-0.39, 0.29) is 5.91 Å². The van der Waals surface area contributed by atoms with Gasteiger partial charge < -0.3 is 4.90 Å². The van der Waals surface area contributed by atoms with Crippen LogP contribution in [0.25, 0.3) is 10.8 Å². The van der Waals surface area contributed by atoms with Gasteiger partial charge in [-0.2, -0.15) is 0 Å². The monoisotopic (exact) mass is 262 g/mol. The highest BCUT2D eigenvalue weighted by Gasteiger charge is 2.13. The van der Waals surface area contributed by atoms with E-state index in [0.29, 0.717) is 5.56 Å². The summed E-state index contributed by atoms with van der Waals surface area (Å²) >= 11 is 0. The van der Waals surface area contributed by atoms with E-state index in [1.54, 1.807) is 24.3 Å². The number of hydrogen-bond acceptors (Lipinski definition) is 2. The second kappa shape index (κ2) is 5.13. The van der Waals surface area contributed by atoms with Gasteiger partial charge in [0.15, 0.2) is 0 Å². The molecule has 0 aliphatic carbocycles. The Morgan fingerprint density at radius 1 is 1.00 bits per heavy atom. The van der Waals surface area contributed by atoms with Crippen LogP contribution in [0.5, 0.6) is 0 Å². The third kappa shape index (κ3) is 2.26. The van der Waals surface area contributed by atoms with Crippen molar-refractivity contribution < 1.29 is 4.79 Å². The number of carbonyl (C=O) groups is 1. The molecule has 0 fully saturated rings. The third-order valence-corrected chi connectivity index (χ3v) is 3.34. The zero-order valence-electron chi connectivity index (χ0n) is 11.2. The Balaban J connectivity index is 1.96. The Morgan fingerprint density at radius 2 is 1.80 bits per heavy atom. The van der Waals surface area contributed by atoms with Crippen molar-refractivity contribution in [3.63, 3.8) is 0 Å². The van der Waals surface area contributed by atoms with Gasteiger partial charge in [-0.05, 0) is 35.7 Å². The van der Waals surface area contributed by atoms with Gasteiger partial charge in [0.25, 0.3) is 5.91 Å². The van der Waals surface area contributed by atoms with Gasteiger partial charge in [0, 0.05) is 36.1 Å². The Labute approximate surface area is 117 Å². The van der Waals surface area contributed by atoms with E-state index < -0.39 is 0 Å². The van der Waals surface area contributed by atoms with E-state index in [2.05, 4.69) is 4.98 Å². The van der Waals surface area contributed by atoms with Crippen molar-refractivity contribution in [2.75, 3.05) is 11.9 Å². The molecule has 3 heteroatoms. The average Bonchev–Trinajstić information content (AvgIpc) is 2.54. The molecule has 98 valence electrons. The number of nitrogens with zero attached hydrogens (tertiary/aromatic N) is 2. The summed E-state index contributed by atoms with van der Waals surface area (Å²) < 4.78 is 0. The van der Waals surface area contributed by atoms with Crippen molar-refractivity contribution in [1.29, 1.82) is 0 Å². The summed E-state index contributed by atoms with van der Waals surface area (Å²) in [6, 6.07) is 17.2. The first kappa shape index (κ1) is 12.4. The van der Waals surface area contributed by atoms with Gasteiger partial charge in [0.1, 0.15) is 0 Å². The van der Waals surface area contributed by atoms with Gasteiger partial charge >= 0.3 is 0 Å². The van der Waals surface area contributed by atoms with E-state index in [9.17, 15) is 4.79 Å². The predicted molar refractivity (Wildman–Crippen MR) is 80.9 cm³/mol. The first-order valence-corrected chi connectivity index (χ1v) is 6.42. The third-order valence-electron chi connectivity index (χ3n) is 3.34. The molecule has 20 heavy (non-hydrogen) atoms. The molecule has 3 rings (SSSR count). The minimum Gasteiger partial charge on any atom is -0.311 e. The number of benzene rings is 2. The zero-order valence-corrected chi connectivity index (χ0v) is 11.2. The fourth-order valence-corrected chi connectivity index (χ4v) is 2.18. The van der Waals surface area contributed by atoms with E-state index >= 15 is 0 Å². The first-order valence-electron chi connectivity index (χ1n) is 6.42. The van der Waals surface area contributed by atoms with Crippen LogP contribution in [0.1, 0.15) is 10.4 Å². The van der Waals surface area contributed by atoms with Crippen molar-refractivity contribution in [1.82, 2.24) is 4.98 Å². The van der Waals surface area contributed by atoms with Gasteiger partial charge in [0.05, 0.1) is 0 Å². The summed E-state index contributed by atoms with van der Waals surface area (Å²) in [5.41, 5.74) is 1.56. The number of rotatable bonds is 2. The van der Waals surface area contributed by atoms with Crippen molar-refractivity contribution in [3.05, 3.63) is 72.6 Å². The molecule has 0 aliphatic rings. The minimum absolute atomic E-state index is 0.0186. The van der Waals surface area contributed by atoms with Crippen LogP contribution >= 0.6 is 0 Å². The lowest BCUT2D eigenvalue weighted by Crippen LogP contribution is -2.26. The molecular formula is C17H14N2O. The smallest absolute Gasteiger partial charge is 0.258 e. The van der Waals surface area contributed by atoms with Crippen LogP contribution in [0.4, 0.5) is 5.69 Å². The molecule has 0 N–H and O–H groups in total. The summed E-state index contributed by atoms with van der Waals surface area (Å²) in [5.74, 6) is -0.0186. The molecule has 0 aliphatic heterocycles. The van der Waals surface area contributed by atoms with E-state index in [1.165, 1.54) is 0 Å². The lowest BCUT2D eigenvalue weighted by atomic mass is 10.1. The Kier molecular flexibility index (Phi) is 3.17. The molecule has 0 saturated carbocycles. The highest BCUT2D eigenvalue weighted by Crippen LogP contribution is 2.18. The topological polar surface area (TPSA) is 33.2 Å². The number of anilines is 1. The van der Waals surface area contributed by atoms with E-state index in [4.69, 9.17) is 0 Å². The van der Waals surface area contributed by atoms with Gasteiger partial charge in [-0.3, -0.25) is 9.78 Å². The molecule has 2 aromatic carbocycles. The maximum Gasteiger partial charge on any atom is 0.258 e. The predicted octanol–water partition coefficient (Wildman–Crippen LogP) is 3.51. The van der Waals surface area contributed by atoms with Gasteiger partial charge in [-0.1, -0.05) is 24.3 Å². The average molecular weight is 262 g/mol. The molecule has 1 aromatic heterocycles. The van der Waals surface area contributed by atoms with Crippen molar-refractivity contribution >= 4 is 22.4 Å². The molecule has 0 bridgehead atoms. The van der Waals surface area contributed by atoms with Crippen LogP contribution in [0, 0.1) is 0 Å². The van der Waals surface area contributed by atoms with Crippen LogP contribution in [-0.2, 0) is 0 Å². The highest BCUT2D eigenvalue weighted by atomic mass is 16.2. The Bertz CT molecular complexity index is 753. The lowest BCUT2D eigenvalue weighted by Gasteiger charge is -2.17. The molecule has 1 heterocycles. The van der Waals surface area contributed by atoms with E-state index in [0.717, 1.165) is 16.5 Å². The highest BCUT2D eigenvalue weighted by molar-refractivity contribution is 6.07. The fraction of sp³-hybridized carbons (Fsp3) is 0.0588. The summed E-state index contributed by atoms with van der Waals surface area (Å²) in [4.78, 5) is 18.2. The molecule has 0 atom stereocenters. The summed E-state index contributed by atoms with van der Waals surface area (Å²) in [6.45, 7) is 0. The van der Waals surface area contributed by atoms with Gasteiger partial charge in [-0.25, -0.2) is 0 Å². The largest absolute Gasteiger partial charge is 0.311 e. The van der Waals surface area contributed by atoms with Crippen LogP contribution in [0.15, 0.2) is 67.0 Å². The van der Waals surface area contributed by atoms with Crippen LogP contribution in [0.3, 0.4) is 0 Å². The first-order chi connectivity index (χ1) is 9.75. The van der Waals surface area contributed by atoms with Crippen molar-refractivity contribution in [3.8, 4) is 0 Å². The maximum absolute atomic E-state index is 12.5. The Hall–Kier alpha value is -2.68. The normalized spacial score (nSPS) is 10.4. The SMILES string of the molecule is CN(C(=O)c1ccc2cnccc2c1)c1ccccc1. The summed E-state index contributed by atoms with van der Waals surface area (Å²) in [7, 11) is 1.79. The molecule has 1 amide bonds. The second-order valence-electron chi connectivity index (χ2n) is 4.64. The summed E-state index contributed by atoms with van der Waals surface area (Å²) in [6.07, 6.45) is 3.53. The standard InChI is InChI=1S/C17H14N2O/c1-19(16-5-3-2-4-6-16)17(20)14-7-8-15-12-18-10-9-13(15)11-14/h2-12H,1H3. The van der Waals surface area contributed by atoms with Crippen LogP contribution in [0.2, 0.25) is 0 Å². The van der Waals surface area contributed by atoms with Crippen molar-refractivity contribution in [2.24, 2.45) is 0 Å². The minimum atomic E-state index is -0.0186. The molecule has 0 radical (unpaired) electrons.